The van der Waals surface area contributed by atoms with Gasteiger partial charge in [-0.25, -0.2) is 0 Å². The van der Waals surface area contributed by atoms with E-state index in [0.29, 0.717) is 13.0 Å². The molecule has 0 aromatic heterocycles. The number of benzene rings is 1. The van der Waals surface area contributed by atoms with Crippen LogP contribution in [0, 0.1) is 0 Å². The highest BCUT2D eigenvalue weighted by Crippen LogP contribution is 2.38. The van der Waals surface area contributed by atoms with Crippen LogP contribution in [0.4, 0.5) is 0 Å². The summed E-state index contributed by atoms with van der Waals surface area (Å²) >= 11 is 0. The van der Waals surface area contributed by atoms with E-state index >= 15 is 0 Å². The van der Waals surface area contributed by atoms with Crippen molar-refractivity contribution >= 4 is 5.91 Å². The van der Waals surface area contributed by atoms with Crippen LogP contribution in [0.25, 0.3) is 0 Å². The molecule has 1 atom stereocenters. The average molecular weight is 248 g/mol. The van der Waals surface area contributed by atoms with E-state index in [9.17, 15) is 4.79 Å². The monoisotopic (exact) mass is 248 g/mol. The minimum Gasteiger partial charge on any atom is -0.487 e. The van der Waals surface area contributed by atoms with Gasteiger partial charge in [-0.3, -0.25) is 4.79 Å². The Hall–Kier alpha value is -1.55. The molecule has 18 heavy (non-hydrogen) atoms. The van der Waals surface area contributed by atoms with E-state index in [2.05, 4.69) is 25.2 Å². The summed E-state index contributed by atoms with van der Waals surface area (Å²) in [6.45, 7) is 4.75. The van der Waals surface area contributed by atoms with Crippen LogP contribution in [-0.2, 0) is 4.79 Å². The minimum atomic E-state index is -0.276. The Morgan fingerprint density at radius 2 is 2.22 bits per heavy atom. The van der Waals surface area contributed by atoms with Gasteiger partial charge in [-0.1, -0.05) is 18.2 Å². The molecule has 0 saturated carbocycles. The highest BCUT2D eigenvalue weighted by atomic mass is 16.5. The minimum absolute atomic E-state index is 0.196. The van der Waals surface area contributed by atoms with Crippen molar-refractivity contribution in [3.63, 3.8) is 0 Å². The number of rotatable bonds is 4. The molecule has 2 rings (SSSR count). The molecule has 1 aliphatic rings. The van der Waals surface area contributed by atoms with E-state index in [1.165, 1.54) is 0 Å². The van der Waals surface area contributed by atoms with Gasteiger partial charge < -0.3 is 15.8 Å². The molecule has 0 saturated heterocycles. The van der Waals surface area contributed by atoms with Gasteiger partial charge in [0, 0.05) is 31.0 Å². The van der Waals surface area contributed by atoms with Gasteiger partial charge in [-0.05, 0) is 19.9 Å². The number of hydrogen-bond donors (Lipinski definition) is 2. The Balaban J connectivity index is 2.12. The standard InChI is InChI=1S/C14H20N2O2/c1-14(2)9-11(16-8-7-13(15)17)10-5-3-4-6-12(10)18-14/h3-6,11,16H,7-9H2,1-2H3,(H2,15,17). The largest absolute Gasteiger partial charge is 0.487 e. The van der Waals surface area contributed by atoms with Gasteiger partial charge in [0.1, 0.15) is 11.4 Å². The van der Waals surface area contributed by atoms with Crippen LogP contribution in [0.5, 0.6) is 5.75 Å². The van der Waals surface area contributed by atoms with Crippen LogP contribution in [0.2, 0.25) is 0 Å². The van der Waals surface area contributed by atoms with Crippen molar-refractivity contribution in [3.8, 4) is 5.75 Å². The Morgan fingerprint density at radius 1 is 1.50 bits per heavy atom. The fraction of sp³-hybridized carbons (Fsp3) is 0.500. The summed E-state index contributed by atoms with van der Waals surface area (Å²) < 4.78 is 5.95. The molecule has 98 valence electrons. The zero-order valence-electron chi connectivity index (χ0n) is 10.9. The topological polar surface area (TPSA) is 64.3 Å². The molecular formula is C14H20N2O2. The van der Waals surface area contributed by atoms with Crippen molar-refractivity contribution < 1.29 is 9.53 Å². The summed E-state index contributed by atoms with van der Waals surface area (Å²) in [6, 6.07) is 8.24. The van der Waals surface area contributed by atoms with Crippen molar-refractivity contribution in [1.82, 2.24) is 5.32 Å². The first-order valence-corrected chi connectivity index (χ1v) is 6.27. The van der Waals surface area contributed by atoms with Crippen LogP contribution < -0.4 is 15.8 Å². The lowest BCUT2D eigenvalue weighted by atomic mass is 9.89. The van der Waals surface area contributed by atoms with Gasteiger partial charge in [0.2, 0.25) is 5.91 Å². The number of para-hydroxylation sites is 1. The summed E-state index contributed by atoms with van der Waals surface area (Å²) in [7, 11) is 0. The second-order valence-electron chi connectivity index (χ2n) is 5.33. The summed E-state index contributed by atoms with van der Waals surface area (Å²) in [5, 5.41) is 3.38. The number of ether oxygens (including phenoxy) is 1. The number of carbonyl (C=O) groups is 1. The molecule has 1 aromatic carbocycles. The van der Waals surface area contributed by atoms with Crippen molar-refractivity contribution in [2.24, 2.45) is 5.73 Å². The fourth-order valence-corrected chi connectivity index (χ4v) is 2.35. The third-order valence-corrected chi connectivity index (χ3v) is 3.14. The van der Waals surface area contributed by atoms with E-state index in [-0.39, 0.29) is 17.6 Å². The molecule has 4 heteroatoms. The smallest absolute Gasteiger partial charge is 0.218 e. The third-order valence-electron chi connectivity index (χ3n) is 3.14. The molecule has 0 spiro atoms. The molecule has 0 aliphatic carbocycles. The van der Waals surface area contributed by atoms with Crippen LogP contribution in [0.1, 0.15) is 38.3 Å². The number of amides is 1. The molecule has 0 fully saturated rings. The van der Waals surface area contributed by atoms with Crippen molar-refractivity contribution in [3.05, 3.63) is 29.8 Å². The number of primary amides is 1. The Morgan fingerprint density at radius 3 is 2.94 bits per heavy atom. The lowest BCUT2D eigenvalue weighted by molar-refractivity contribution is -0.117. The van der Waals surface area contributed by atoms with Crippen LogP contribution in [0.3, 0.4) is 0 Å². The van der Waals surface area contributed by atoms with Crippen molar-refractivity contribution in [2.45, 2.75) is 38.3 Å². The molecule has 1 aromatic rings. The van der Waals surface area contributed by atoms with Crippen molar-refractivity contribution in [1.29, 1.82) is 0 Å². The summed E-state index contributed by atoms with van der Waals surface area (Å²) in [5.74, 6) is 0.646. The SMILES string of the molecule is CC1(C)CC(NCCC(N)=O)c2ccccc2O1. The maximum Gasteiger partial charge on any atom is 0.218 e. The highest BCUT2D eigenvalue weighted by Gasteiger charge is 2.32. The normalized spacial score (nSPS) is 20.9. The van der Waals surface area contributed by atoms with Gasteiger partial charge >= 0.3 is 0 Å². The van der Waals surface area contributed by atoms with E-state index in [0.717, 1.165) is 17.7 Å². The van der Waals surface area contributed by atoms with Crippen molar-refractivity contribution in [2.75, 3.05) is 6.54 Å². The molecule has 1 amide bonds. The number of fused-ring (bicyclic) bond motifs is 1. The molecule has 3 N–H and O–H groups in total. The lowest BCUT2D eigenvalue weighted by Gasteiger charge is -2.38. The number of nitrogens with one attached hydrogen (secondary N) is 1. The van der Waals surface area contributed by atoms with Gasteiger partial charge in [-0.15, -0.1) is 0 Å². The Kier molecular flexibility index (Phi) is 3.57. The molecule has 4 nitrogen and oxygen atoms in total. The maximum absolute atomic E-state index is 10.8. The van der Waals surface area contributed by atoms with Gasteiger partial charge in [0.15, 0.2) is 0 Å². The van der Waals surface area contributed by atoms with Crippen LogP contribution >= 0.6 is 0 Å². The van der Waals surface area contributed by atoms with Gasteiger partial charge in [0.05, 0.1) is 0 Å². The predicted octanol–water partition coefficient (Wildman–Crippen LogP) is 1.75. The second-order valence-corrected chi connectivity index (χ2v) is 5.33. The first kappa shape index (κ1) is 12.9. The summed E-state index contributed by atoms with van der Waals surface area (Å²) in [5.41, 5.74) is 6.11. The van der Waals surface area contributed by atoms with E-state index < -0.39 is 0 Å². The molecule has 1 unspecified atom stereocenters. The van der Waals surface area contributed by atoms with Crippen LogP contribution in [-0.4, -0.2) is 18.1 Å². The van der Waals surface area contributed by atoms with Gasteiger partial charge in [0.25, 0.3) is 0 Å². The number of nitrogens with two attached hydrogens (primary N) is 1. The average Bonchev–Trinajstić information content (AvgIpc) is 2.27. The first-order chi connectivity index (χ1) is 8.48. The zero-order valence-corrected chi connectivity index (χ0v) is 10.9. The third kappa shape index (κ3) is 3.01. The van der Waals surface area contributed by atoms with Gasteiger partial charge in [-0.2, -0.15) is 0 Å². The summed E-state index contributed by atoms with van der Waals surface area (Å²) in [4.78, 5) is 10.8. The molecule has 0 radical (unpaired) electrons. The van der Waals surface area contributed by atoms with Crippen LogP contribution in [0.15, 0.2) is 24.3 Å². The zero-order chi connectivity index (χ0) is 13.2. The molecule has 1 heterocycles. The predicted molar refractivity (Wildman–Crippen MR) is 70.3 cm³/mol. The Labute approximate surface area is 108 Å². The number of carbonyl (C=O) groups excluding carboxylic acids is 1. The Bertz CT molecular complexity index is 443. The van der Waals surface area contributed by atoms with E-state index in [1.54, 1.807) is 0 Å². The molecule has 0 bridgehead atoms. The maximum atomic E-state index is 10.8. The lowest BCUT2D eigenvalue weighted by Crippen LogP contribution is -2.40. The molecular weight excluding hydrogens is 228 g/mol. The quantitative estimate of drug-likeness (QED) is 0.853. The first-order valence-electron chi connectivity index (χ1n) is 6.27. The molecule has 1 aliphatic heterocycles. The summed E-state index contributed by atoms with van der Waals surface area (Å²) in [6.07, 6.45) is 1.24. The second kappa shape index (κ2) is 4.98. The highest BCUT2D eigenvalue weighted by molar-refractivity contribution is 5.73. The number of hydrogen-bond acceptors (Lipinski definition) is 3. The van der Waals surface area contributed by atoms with E-state index in [4.69, 9.17) is 10.5 Å². The fourth-order valence-electron chi connectivity index (χ4n) is 2.35. The van der Waals surface area contributed by atoms with E-state index in [1.807, 2.05) is 18.2 Å².